The van der Waals surface area contributed by atoms with Crippen LogP contribution in [0.15, 0.2) is 12.7 Å². The molecule has 0 aliphatic heterocycles. The van der Waals surface area contributed by atoms with Crippen molar-refractivity contribution >= 4 is 18.0 Å². The molecule has 2 amide bonds. The summed E-state index contributed by atoms with van der Waals surface area (Å²) < 4.78 is 9.79. The van der Waals surface area contributed by atoms with E-state index in [1.165, 1.54) is 6.92 Å². The second-order valence-electron chi connectivity index (χ2n) is 7.82. The molecule has 1 saturated carbocycles. The van der Waals surface area contributed by atoms with Gasteiger partial charge in [-0.15, -0.1) is 0 Å². The highest BCUT2D eigenvalue weighted by molar-refractivity contribution is 5.81. The van der Waals surface area contributed by atoms with Gasteiger partial charge in [-0.25, -0.2) is 9.59 Å². The van der Waals surface area contributed by atoms with Gasteiger partial charge in [0.2, 0.25) is 5.91 Å². The summed E-state index contributed by atoms with van der Waals surface area (Å²) in [7, 11) is 0. The van der Waals surface area contributed by atoms with Crippen LogP contribution in [0, 0.1) is 10.8 Å². The van der Waals surface area contributed by atoms with Crippen LogP contribution in [0.5, 0.6) is 0 Å². The first-order valence-corrected chi connectivity index (χ1v) is 8.52. The number of alkyl carbamates (subject to hydrolysis) is 1. The lowest BCUT2D eigenvalue weighted by molar-refractivity contribution is -0.138. The normalized spacial score (nSPS) is 24.7. The number of hydrogen-bond acceptors (Lipinski definition) is 5. The number of carbonyl (C=O) groups excluding carboxylic acids is 3. The Labute approximate surface area is 149 Å². The molecule has 2 unspecified atom stereocenters. The molecule has 0 heterocycles. The van der Waals surface area contributed by atoms with Crippen molar-refractivity contribution in [3.8, 4) is 0 Å². The van der Waals surface area contributed by atoms with Crippen molar-refractivity contribution < 1.29 is 23.9 Å². The molecule has 0 bridgehead atoms. The highest BCUT2D eigenvalue weighted by atomic mass is 16.6. The smallest absolute Gasteiger partial charge is 0.407 e. The molecule has 0 radical (unpaired) electrons. The third-order valence-corrected chi connectivity index (χ3v) is 4.26. The second-order valence-corrected chi connectivity index (χ2v) is 7.82. The van der Waals surface area contributed by atoms with Crippen molar-refractivity contribution in [1.82, 2.24) is 10.6 Å². The molecule has 2 atom stereocenters. The maximum atomic E-state index is 11.9. The fraction of sp³-hybridized carbons (Fsp3) is 0.722. The van der Waals surface area contributed by atoms with E-state index in [-0.39, 0.29) is 36.0 Å². The lowest BCUT2D eigenvalue weighted by atomic mass is 9.62. The van der Waals surface area contributed by atoms with Crippen LogP contribution in [0.1, 0.15) is 47.0 Å². The monoisotopic (exact) mass is 354 g/mol. The van der Waals surface area contributed by atoms with Crippen LogP contribution in [-0.4, -0.2) is 43.8 Å². The van der Waals surface area contributed by atoms with Crippen LogP contribution in [-0.2, 0) is 19.1 Å². The Morgan fingerprint density at radius 1 is 1.16 bits per heavy atom. The van der Waals surface area contributed by atoms with Gasteiger partial charge in [-0.1, -0.05) is 27.4 Å². The van der Waals surface area contributed by atoms with Crippen LogP contribution in [0.25, 0.3) is 0 Å². The molecule has 1 aliphatic rings. The average Bonchev–Trinajstić information content (AvgIpc) is 2.47. The van der Waals surface area contributed by atoms with E-state index in [4.69, 9.17) is 9.47 Å². The van der Waals surface area contributed by atoms with Gasteiger partial charge in [0.15, 0.2) is 0 Å². The quantitative estimate of drug-likeness (QED) is 0.415. The maximum absolute atomic E-state index is 11.9. The summed E-state index contributed by atoms with van der Waals surface area (Å²) in [6.45, 7) is 11.8. The number of amides is 2. The highest BCUT2D eigenvalue weighted by Crippen LogP contribution is 2.45. The number of rotatable bonds is 7. The van der Waals surface area contributed by atoms with E-state index in [1.807, 2.05) is 0 Å². The zero-order valence-electron chi connectivity index (χ0n) is 15.6. The standard InChI is InChI=1S/C18H30N2O5/c1-6-15(22)24-7-8-25-16(23)20-14-9-17(3,4)11-18(5,10-14)12-19-13(2)21/h6,14H,1,7-12H2,2-5H3,(H,19,21)(H,20,23). The van der Waals surface area contributed by atoms with Crippen LogP contribution < -0.4 is 10.6 Å². The summed E-state index contributed by atoms with van der Waals surface area (Å²) >= 11 is 0. The zero-order chi connectivity index (χ0) is 19.1. The molecule has 0 aromatic carbocycles. The van der Waals surface area contributed by atoms with Crippen molar-refractivity contribution in [2.45, 2.75) is 53.0 Å². The third kappa shape index (κ3) is 8.05. The molecule has 0 aromatic heterocycles. The summed E-state index contributed by atoms with van der Waals surface area (Å²) in [5.41, 5.74) is -0.0479. The highest BCUT2D eigenvalue weighted by Gasteiger charge is 2.41. The molecule has 7 heteroatoms. The molecule has 7 nitrogen and oxygen atoms in total. The molecular weight excluding hydrogens is 324 g/mol. The molecule has 1 aliphatic carbocycles. The zero-order valence-corrected chi connectivity index (χ0v) is 15.6. The lowest BCUT2D eigenvalue weighted by Gasteiger charge is -2.46. The number of hydrogen-bond donors (Lipinski definition) is 2. The molecule has 0 spiro atoms. The Kier molecular flexibility index (Phi) is 7.45. The molecular formula is C18H30N2O5. The molecule has 0 aromatic rings. The average molecular weight is 354 g/mol. The minimum atomic E-state index is -0.549. The van der Waals surface area contributed by atoms with E-state index < -0.39 is 12.1 Å². The Balaban J connectivity index is 2.50. The summed E-state index contributed by atoms with van der Waals surface area (Å²) in [4.78, 5) is 34.1. The van der Waals surface area contributed by atoms with Gasteiger partial charge in [0.25, 0.3) is 0 Å². The molecule has 25 heavy (non-hydrogen) atoms. The predicted octanol–water partition coefficient (Wildman–Crippen LogP) is 2.16. The van der Waals surface area contributed by atoms with E-state index in [1.54, 1.807) is 0 Å². The Morgan fingerprint density at radius 3 is 2.40 bits per heavy atom. The lowest BCUT2D eigenvalue weighted by Crippen LogP contribution is -2.50. The maximum Gasteiger partial charge on any atom is 0.407 e. The minimum Gasteiger partial charge on any atom is -0.459 e. The summed E-state index contributed by atoms with van der Waals surface area (Å²) in [5, 5.41) is 5.77. The van der Waals surface area contributed by atoms with Gasteiger partial charge in [-0.2, -0.15) is 0 Å². The molecule has 1 fully saturated rings. The first kappa shape index (κ1) is 21.0. The third-order valence-electron chi connectivity index (χ3n) is 4.26. The van der Waals surface area contributed by atoms with Crippen molar-refractivity contribution in [2.24, 2.45) is 10.8 Å². The van der Waals surface area contributed by atoms with Gasteiger partial charge in [-0.05, 0) is 30.1 Å². The summed E-state index contributed by atoms with van der Waals surface area (Å²) in [5.74, 6) is -0.602. The molecule has 142 valence electrons. The van der Waals surface area contributed by atoms with Gasteiger partial charge < -0.3 is 20.1 Å². The summed E-state index contributed by atoms with van der Waals surface area (Å²) in [6.07, 6.45) is 3.09. The van der Waals surface area contributed by atoms with Crippen molar-refractivity contribution in [2.75, 3.05) is 19.8 Å². The van der Waals surface area contributed by atoms with Gasteiger partial charge >= 0.3 is 12.1 Å². The fourth-order valence-electron chi connectivity index (χ4n) is 3.75. The van der Waals surface area contributed by atoms with Crippen LogP contribution in [0.2, 0.25) is 0 Å². The van der Waals surface area contributed by atoms with E-state index in [9.17, 15) is 14.4 Å². The first-order chi connectivity index (χ1) is 11.6. The summed E-state index contributed by atoms with van der Waals surface area (Å²) in [6, 6.07) is -0.0364. The van der Waals surface area contributed by atoms with Crippen molar-refractivity contribution in [3.05, 3.63) is 12.7 Å². The van der Waals surface area contributed by atoms with Crippen molar-refractivity contribution in [3.63, 3.8) is 0 Å². The SMILES string of the molecule is C=CC(=O)OCCOC(=O)NC1CC(C)(C)CC(C)(CNC(C)=O)C1. The Morgan fingerprint density at radius 2 is 1.80 bits per heavy atom. The van der Waals surface area contributed by atoms with Gasteiger partial charge in [0, 0.05) is 25.6 Å². The van der Waals surface area contributed by atoms with Crippen LogP contribution in [0.4, 0.5) is 4.79 Å². The van der Waals surface area contributed by atoms with E-state index in [0.717, 1.165) is 25.3 Å². The number of esters is 1. The number of carbonyl (C=O) groups is 3. The van der Waals surface area contributed by atoms with E-state index in [0.29, 0.717) is 6.54 Å². The van der Waals surface area contributed by atoms with E-state index >= 15 is 0 Å². The topological polar surface area (TPSA) is 93.7 Å². The Bertz CT molecular complexity index is 518. The van der Waals surface area contributed by atoms with Gasteiger partial charge in [-0.3, -0.25) is 4.79 Å². The largest absolute Gasteiger partial charge is 0.459 e. The van der Waals surface area contributed by atoms with Gasteiger partial charge in [0.05, 0.1) is 0 Å². The minimum absolute atomic E-state index is 0.00528. The molecule has 0 saturated heterocycles. The van der Waals surface area contributed by atoms with Crippen LogP contribution >= 0.6 is 0 Å². The van der Waals surface area contributed by atoms with Gasteiger partial charge in [0.1, 0.15) is 13.2 Å². The van der Waals surface area contributed by atoms with E-state index in [2.05, 4.69) is 38.0 Å². The molecule has 1 rings (SSSR count). The fourth-order valence-corrected chi connectivity index (χ4v) is 3.75. The first-order valence-electron chi connectivity index (χ1n) is 8.52. The second kappa shape index (κ2) is 8.87. The number of nitrogens with one attached hydrogen (secondary N) is 2. The number of ether oxygens (including phenoxy) is 2. The van der Waals surface area contributed by atoms with Crippen LogP contribution in [0.3, 0.4) is 0 Å². The predicted molar refractivity (Wildman–Crippen MR) is 93.9 cm³/mol. The van der Waals surface area contributed by atoms with Crippen molar-refractivity contribution in [1.29, 1.82) is 0 Å². The Hall–Kier alpha value is -2.05. The molecule has 2 N–H and O–H groups in total.